The number of aliphatic hydroxyl groups is 1. The van der Waals surface area contributed by atoms with Gasteiger partial charge in [0, 0.05) is 18.4 Å². The molecule has 1 spiro atoms. The Kier molecular flexibility index (Phi) is 3.37. The second-order valence-corrected chi connectivity index (χ2v) is 5.54. The number of nitrogens with two attached hydrogens (primary N) is 1. The predicted molar refractivity (Wildman–Crippen MR) is 58.4 cm³/mol. The summed E-state index contributed by atoms with van der Waals surface area (Å²) in [7, 11) is 0. The van der Waals surface area contributed by atoms with Crippen LogP contribution in [0.4, 0.5) is 0 Å². The molecule has 2 aliphatic rings. The molecule has 3 unspecified atom stereocenters. The van der Waals surface area contributed by atoms with Crippen LogP contribution < -0.4 is 5.73 Å². The van der Waals surface area contributed by atoms with Gasteiger partial charge in [0.2, 0.25) is 0 Å². The number of hydrogen-bond donors (Lipinski definition) is 2. The molecular formula is C10H19NO2S. The van der Waals surface area contributed by atoms with Gasteiger partial charge in [0.15, 0.2) is 0 Å². The summed E-state index contributed by atoms with van der Waals surface area (Å²) in [6.45, 7) is 0.923. The van der Waals surface area contributed by atoms with E-state index in [4.69, 9.17) is 15.6 Å². The van der Waals surface area contributed by atoms with Crippen molar-refractivity contribution in [1.29, 1.82) is 0 Å². The van der Waals surface area contributed by atoms with Gasteiger partial charge < -0.3 is 15.6 Å². The molecule has 2 aliphatic heterocycles. The maximum atomic E-state index is 9.05. The lowest BCUT2D eigenvalue weighted by Gasteiger charge is -2.39. The van der Waals surface area contributed by atoms with E-state index in [0.29, 0.717) is 5.92 Å². The highest BCUT2D eigenvalue weighted by Gasteiger charge is 2.41. The highest BCUT2D eigenvalue weighted by atomic mass is 32.2. The first-order chi connectivity index (χ1) is 6.76. The number of ether oxygens (including phenoxy) is 1. The summed E-state index contributed by atoms with van der Waals surface area (Å²) in [5.74, 6) is 2.77. The van der Waals surface area contributed by atoms with Crippen LogP contribution >= 0.6 is 11.8 Å². The van der Waals surface area contributed by atoms with E-state index < -0.39 is 0 Å². The second-order valence-electron chi connectivity index (χ2n) is 4.43. The van der Waals surface area contributed by atoms with Crippen LogP contribution in [-0.2, 0) is 4.74 Å². The third-order valence-electron chi connectivity index (χ3n) is 3.41. The minimum Gasteiger partial charge on any atom is -0.395 e. The van der Waals surface area contributed by atoms with Gasteiger partial charge in [-0.1, -0.05) is 0 Å². The van der Waals surface area contributed by atoms with Crippen LogP contribution in [0.15, 0.2) is 0 Å². The summed E-state index contributed by atoms with van der Waals surface area (Å²) < 4.78 is 5.89. The van der Waals surface area contributed by atoms with Gasteiger partial charge in [0.1, 0.15) is 0 Å². The van der Waals surface area contributed by atoms with E-state index >= 15 is 0 Å². The SMILES string of the molecule is NC(CO)C1CCOC2(CCSC2)C1. The van der Waals surface area contributed by atoms with Crippen LogP contribution in [0, 0.1) is 5.92 Å². The molecule has 0 bridgehead atoms. The molecule has 3 N–H and O–H groups in total. The molecule has 0 aliphatic carbocycles. The van der Waals surface area contributed by atoms with Crippen LogP contribution in [-0.4, -0.2) is 41.5 Å². The molecule has 3 atom stereocenters. The molecule has 0 saturated carbocycles. The number of thioether (sulfide) groups is 1. The second kappa shape index (κ2) is 4.39. The van der Waals surface area contributed by atoms with Gasteiger partial charge in [-0.2, -0.15) is 11.8 Å². The van der Waals surface area contributed by atoms with Crippen molar-refractivity contribution in [2.75, 3.05) is 24.7 Å². The van der Waals surface area contributed by atoms with Crippen molar-refractivity contribution in [1.82, 2.24) is 0 Å². The molecule has 2 saturated heterocycles. The number of hydrogen-bond acceptors (Lipinski definition) is 4. The first kappa shape index (κ1) is 10.7. The Bertz CT molecular complexity index is 195. The summed E-state index contributed by atoms with van der Waals surface area (Å²) >= 11 is 1.97. The lowest BCUT2D eigenvalue weighted by Crippen LogP contribution is -2.46. The standard InChI is InChI=1S/C10H19NO2S/c11-9(6-12)8-1-3-13-10(5-8)2-4-14-7-10/h8-9,12H,1-7,11H2. The molecule has 2 rings (SSSR count). The van der Waals surface area contributed by atoms with Crippen LogP contribution in [0.2, 0.25) is 0 Å². The summed E-state index contributed by atoms with van der Waals surface area (Å²) in [5, 5.41) is 9.05. The average Bonchev–Trinajstić information content (AvgIpc) is 2.65. The van der Waals surface area contributed by atoms with Gasteiger partial charge in [-0.05, 0) is 30.9 Å². The third-order valence-corrected chi connectivity index (χ3v) is 4.64. The Hall–Kier alpha value is 0.230. The zero-order valence-corrected chi connectivity index (χ0v) is 9.26. The predicted octanol–water partition coefficient (Wildman–Crippen LogP) is 0.608. The Labute approximate surface area is 89.4 Å². The normalized spacial score (nSPS) is 40.3. The lowest BCUT2D eigenvalue weighted by atomic mass is 9.82. The number of rotatable bonds is 2. The van der Waals surface area contributed by atoms with Crippen LogP contribution in [0.5, 0.6) is 0 Å². The van der Waals surface area contributed by atoms with Crippen LogP contribution in [0.25, 0.3) is 0 Å². The molecule has 0 aromatic heterocycles. The molecule has 3 nitrogen and oxygen atoms in total. The summed E-state index contributed by atoms with van der Waals surface area (Å²) in [5.41, 5.74) is 5.98. The zero-order valence-electron chi connectivity index (χ0n) is 8.45. The highest BCUT2D eigenvalue weighted by molar-refractivity contribution is 7.99. The van der Waals surface area contributed by atoms with E-state index in [1.54, 1.807) is 0 Å². The fraction of sp³-hybridized carbons (Fsp3) is 1.00. The maximum absolute atomic E-state index is 9.05. The molecule has 0 aromatic rings. The molecular weight excluding hydrogens is 198 g/mol. The van der Waals surface area contributed by atoms with E-state index in [9.17, 15) is 0 Å². The van der Waals surface area contributed by atoms with Gasteiger partial charge in [-0.15, -0.1) is 0 Å². The zero-order chi connectivity index (χ0) is 10.0. The van der Waals surface area contributed by atoms with Crippen molar-refractivity contribution in [2.24, 2.45) is 11.7 Å². The van der Waals surface area contributed by atoms with Gasteiger partial charge in [0.05, 0.1) is 12.2 Å². The molecule has 2 heterocycles. The van der Waals surface area contributed by atoms with E-state index in [2.05, 4.69) is 0 Å². The Morgan fingerprint density at radius 2 is 2.50 bits per heavy atom. The molecule has 2 fully saturated rings. The van der Waals surface area contributed by atoms with E-state index in [1.165, 1.54) is 5.75 Å². The largest absolute Gasteiger partial charge is 0.395 e. The maximum Gasteiger partial charge on any atom is 0.0783 e. The fourth-order valence-corrected chi connectivity index (χ4v) is 3.82. The van der Waals surface area contributed by atoms with Crippen LogP contribution in [0.1, 0.15) is 19.3 Å². The highest BCUT2D eigenvalue weighted by Crippen LogP contribution is 2.40. The van der Waals surface area contributed by atoms with Crippen molar-refractivity contribution in [3.8, 4) is 0 Å². The quantitative estimate of drug-likeness (QED) is 0.711. The monoisotopic (exact) mass is 217 g/mol. The van der Waals surface area contributed by atoms with Crippen molar-refractivity contribution in [2.45, 2.75) is 30.9 Å². The Balaban J connectivity index is 1.96. The van der Waals surface area contributed by atoms with Gasteiger partial charge in [-0.25, -0.2) is 0 Å². The average molecular weight is 217 g/mol. The summed E-state index contributed by atoms with van der Waals surface area (Å²) in [6.07, 6.45) is 3.21. The van der Waals surface area contributed by atoms with E-state index in [1.807, 2.05) is 11.8 Å². The van der Waals surface area contributed by atoms with E-state index in [-0.39, 0.29) is 18.2 Å². The van der Waals surface area contributed by atoms with Crippen LogP contribution in [0.3, 0.4) is 0 Å². The van der Waals surface area contributed by atoms with Crippen molar-refractivity contribution in [3.63, 3.8) is 0 Å². The summed E-state index contributed by atoms with van der Waals surface area (Å²) in [4.78, 5) is 0. The molecule has 82 valence electrons. The van der Waals surface area contributed by atoms with E-state index in [0.717, 1.165) is 31.6 Å². The van der Waals surface area contributed by atoms with Gasteiger partial charge >= 0.3 is 0 Å². The Morgan fingerprint density at radius 3 is 3.14 bits per heavy atom. The summed E-state index contributed by atoms with van der Waals surface area (Å²) in [6, 6.07) is -0.0543. The van der Waals surface area contributed by atoms with Gasteiger partial charge in [0.25, 0.3) is 0 Å². The minimum absolute atomic E-state index is 0.0543. The first-order valence-electron chi connectivity index (χ1n) is 5.34. The molecule has 0 radical (unpaired) electrons. The molecule has 0 aromatic carbocycles. The smallest absolute Gasteiger partial charge is 0.0783 e. The minimum atomic E-state index is -0.0543. The topological polar surface area (TPSA) is 55.5 Å². The third kappa shape index (κ3) is 2.08. The first-order valence-corrected chi connectivity index (χ1v) is 6.49. The fourth-order valence-electron chi connectivity index (χ4n) is 2.44. The number of aliphatic hydroxyl groups excluding tert-OH is 1. The van der Waals surface area contributed by atoms with Crippen molar-refractivity contribution < 1.29 is 9.84 Å². The Morgan fingerprint density at radius 1 is 1.64 bits per heavy atom. The molecule has 14 heavy (non-hydrogen) atoms. The lowest BCUT2D eigenvalue weighted by molar-refractivity contribution is -0.0852. The van der Waals surface area contributed by atoms with Gasteiger partial charge in [-0.3, -0.25) is 0 Å². The van der Waals surface area contributed by atoms with Crippen molar-refractivity contribution >= 4 is 11.8 Å². The van der Waals surface area contributed by atoms with Crippen molar-refractivity contribution in [3.05, 3.63) is 0 Å². The molecule has 0 amide bonds. The molecule has 4 heteroatoms.